The third kappa shape index (κ3) is 3.43. The van der Waals surface area contributed by atoms with Crippen LogP contribution in [0.1, 0.15) is 20.3 Å². The summed E-state index contributed by atoms with van der Waals surface area (Å²) in [5.41, 5.74) is 0. The standard InChI is InChI=1S/C10H15Cl2N3/c1-3-5-14-10-8(12)6-7(11)9(15-10)13-4-2/h6H,3-5H2,1-2H3,(H2,13,14,15). The number of pyridine rings is 1. The second-order valence-corrected chi connectivity index (χ2v) is 3.92. The topological polar surface area (TPSA) is 37.0 Å². The molecule has 0 spiro atoms. The number of nitrogens with zero attached hydrogens (tertiary/aromatic N) is 1. The van der Waals surface area contributed by atoms with E-state index in [9.17, 15) is 0 Å². The highest BCUT2D eigenvalue weighted by Gasteiger charge is 2.07. The number of halogens is 2. The zero-order chi connectivity index (χ0) is 11.3. The molecule has 0 saturated carbocycles. The van der Waals surface area contributed by atoms with Gasteiger partial charge in [-0.15, -0.1) is 0 Å². The predicted molar refractivity (Wildman–Crippen MR) is 67.2 cm³/mol. The molecule has 2 N–H and O–H groups in total. The van der Waals surface area contributed by atoms with Gasteiger partial charge in [0.25, 0.3) is 0 Å². The van der Waals surface area contributed by atoms with Crippen LogP contribution in [0.3, 0.4) is 0 Å². The van der Waals surface area contributed by atoms with Gasteiger partial charge in [-0.25, -0.2) is 4.98 Å². The maximum absolute atomic E-state index is 6.00. The summed E-state index contributed by atoms with van der Waals surface area (Å²) in [6, 6.07) is 1.70. The van der Waals surface area contributed by atoms with E-state index in [1.165, 1.54) is 0 Å². The summed E-state index contributed by atoms with van der Waals surface area (Å²) < 4.78 is 0. The van der Waals surface area contributed by atoms with Crippen LogP contribution in [0.25, 0.3) is 0 Å². The average molecular weight is 248 g/mol. The molecule has 0 radical (unpaired) electrons. The highest BCUT2D eigenvalue weighted by atomic mass is 35.5. The Kier molecular flexibility index (Phi) is 4.99. The third-order valence-corrected chi connectivity index (χ3v) is 2.39. The Morgan fingerprint density at radius 3 is 2.27 bits per heavy atom. The molecule has 0 aliphatic heterocycles. The van der Waals surface area contributed by atoms with Gasteiger partial charge in [-0.05, 0) is 19.4 Å². The van der Waals surface area contributed by atoms with Gasteiger partial charge in [-0.1, -0.05) is 30.1 Å². The highest BCUT2D eigenvalue weighted by molar-refractivity contribution is 6.37. The van der Waals surface area contributed by atoms with E-state index >= 15 is 0 Å². The molecule has 84 valence electrons. The molecule has 0 aliphatic carbocycles. The first-order valence-electron chi connectivity index (χ1n) is 5.02. The van der Waals surface area contributed by atoms with Crippen molar-refractivity contribution in [1.29, 1.82) is 0 Å². The van der Waals surface area contributed by atoms with Crippen molar-refractivity contribution in [3.8, 4) is 0 Å². The Morgan fingerprint density at radius 2 is 1.73 bits per heavy atom. The molecule has 0 saturated heterocycles. The number of anilines is 2. The first-order valence-corrected chi connectivity index (χ1v) is 5.78. The molecule has 5 heteroatoms. The predicted octanol–water partition coefficient (Wildman–Crippen LogP) is 3.64. The molecule has 0 atom stereocenters. The zero-order valence-corrected chi connectivity index (χ0v) is 10.4. The van der Waals surface area contributed by atoms with E-state index in [1.807, 2.05) is 6.92 Å². The SMILES string of the molecule is CCCNc1nc(NCC)c(Cl)cc1Cl. The summed E-state index contributed by atoms with van der Waals surface area (Å²) in [6.45, 7) is 5.70. The smallest absolute Gasteiger partial charge is 0.147 e. The summed E-state index contributed by atoms with van der Waals surface area (Å²) in [6.07, 6.45) is 1.02. The van der Waals surface area contributed by atoms with Crippen molar-refractivity contribution in [3.63, 3.8) is 0 Å². The minimum Gasteiger partial charge on any atom is -0.369 e. The molecule has 1 rings (SSSR count). The first kappa shape index (κ1) is 12.4. The van der Waals surface area contributed by atoms with E-state index in [1.54, 1.807) is 6.07 Å². The summed E-state index contributed by atoms with van der Waals surface area (Å²) in [5.74, 6) is 1.35. The number of rotatable bonds is 5. The lowest BCUT2D eigenvalue weighted by molar-refractivity contribution is 0.969. The van der Waals surface area contributed by atoms with Gasteiger partial charge in [0, 0.05) is 13.1 Å². The van der Waals surface area contributed by atoms with Crippen LogP contribution in [0, 0.1) is 0 Å². The van der Waals surface area contributed by atoms with Crippen LogP contribution in [0.4, 0.5) is 11.6 Å². The lowest BCUT2D eigenvalue weighted by Gasteiger charge is -2.10. The number of aromatic nitrogens is 1. The first-order chi connectivity index (χ1) is 7.19. The van der Waals surface area contributed by atoms with Gasteiger partial charge < -0.3 is 10.6 Å². The molecule has 1 aromatic heterocycles. The molecule has 0 amide bonds. The van der Waals surface area contributed by atoms with Gasteiger partial charge in [0.15, 0.2) is 0 Å². The van der Waals surface area contributed by atoms with Crippen molar-refractivity contribution in [3.05, 3.63) is 16.1 Å². The fraction of sp³-hybridized carbons (Fsp3) is 0.500. The van der Waals surface area contributed by atoms with Gasteiger partial charge in [0.1, 0.15) is 11.6 Å². The molecule has 1 aromatic rings. The van der Waals surface area contributed by atoms with Crippen LogP contribution < -0.4 is 10.6 Å². The molecule has 0 aliphatic rings. The molecular formula is C10H15Cl2N3. The quantitative estimate of drug-likeness (QED) is 0.835. The van der Waals surface area contributed by atoms with E-state index in [-0.39, 0.29) is 0 Å². The largest absolute Gasteiger partial charge is 0.369 e. The molecule has 0 unspecified atom stereocenters. The van der Waals surface area contributed by atoms with E-state index in [4.69, 9.17) is 23.2 Å². The second kappa shape index (κ2) is 6.03. The molecule has 3 nitrogen and oxygen atoms in total. The van der Waals surface area contributed by atoms with Gasteiger partial charge in [-0.3, -0.25) is 0 Å². The summed E-state index contributed by atoms with van der Waals surface area (Å²) in [4.78, 5) is 4.31. The van der Waals surface area contributed by atoms with Crippen molar-refractivity contribution in [2.75, 3.05) is 23.7 Å². The second-order valence-electron chi connectivity index (χ2n) is 3.11. The van der Waals surface area contributed by atoms with Crippen molar-refractivity contribution in [2.45, 2.75) is 20.3 Å². The maximum Gasteiger partial charge on any atom is 0.147 e. The van der Waals surface area contributed by atoms with Gasteiger partial charge >= 0.3 is 0 Å². The van der Waals surface area contributed by atoms with Crippen LogP contribution in [-0.2, 0) is 0 Å². The van der Waals surface area contributed by atoms with Crippen LogP contribution in [-0.4, -0.2) is 18.1 Å². The Morgan fingerprint density at radius 1 is 1.13 bits per heavy atom. The Hall–Kier alpha value is -0.670. The van der Waals surface area contributed by atoms with Gasteiger partial charge in [-0.2, -0.15) is 0 Å². The number of hydrogen-bond donors (Lipinski definition) is 2. The number of hydrogen-bond acceptors (Lipinski definition) is 3. The van der Waals surface area contributed by atoms with Crippen LogP contribution in [0.2, 0.25) is 10.0 Å². The average Bonchev–Trinajstić information content (AvgIpc) is 2.20. The van der Waals surface area contributed by atoms with E-state index in [2.05, 4.69) is 22.5 Å². The lowest BCUT2D eigenvalue weighted by atomic mass is 10.4. The van der Waals surface area contributed by atoms with Crippen molar-refractivity contribution in [2.24, 2.45) is 0 Å². The van der Waals surface area contributed by atoms with Gasteiger partial charge in [0.05, 0.1) is 10.0 Å². The molecular weight excluding hydrogens is 233 g/mol. The molecule has 0 bridgehead atoms. The fourth-order valence-electron chi connectivity index (χ4n) is 1.13. The van der Waals surface area contributed by atoms with Crippen molar-refractivity contribution < 1.29 is 0 Å². The normalized spacial score (nSPS) is 10.1. The number of nitrogens with one attached hydrogen (secondary N) is 2. The summed E-state index contributed by atoms with van der Waals surface area (Å²) in [5, 5.41) is 7.32. The van der Waals surface area contributed by atoms with E-state index < -0.39 is 0 Å². The Labute approximate surface area is 100 Å². The molecule has 15 heavy (non-hydrogen) atoms. The van der Waals surface area contributed by atoms with Gasteiger partial charge in [0.2, 0.25) is 0 Å². The van der Waals surface area contributed by atoms with Crippen molar-refractivity contribution >= 4 is 34.8 Å². The van der Waals surface area contributed by atoms with Crippen LogP contribution >= 0.6 is 23.2 Å². The van der Waals surface area contributed by atoms with Crippen LogP contribution in [0.15, 0.2) is 6.07 Å². The van der Waals surface area contributed by atoms with E-state index in [0.717, 1.165) is 19.5 Å². The molecule has 0 fully saturated rings. The lowest BCUT2D eigenvalue weighted by Crippen LogP contribution is -2.06. The van der Waals surface area contributed by atoms with Crippen molar-refractivity contribution in [1.82, 2.24) is 4.98 Å². The minimum absolute atomic E-state index is 0.545. The van der Waals surface area contributed by atoms with E-state index in [0.29, 0.717) is 21.7 Å². The summed E-state index contributed by atoms with van der Waals surface area (Å²) >= 11 is 12.0. The third-order valence-electron chi connectivity index (χ3n) is 1.82. The monoisotopic (exact) mass is 247 g/mol. The molecule has 0 aromatic carbocycles. The van der Waals surface area contributed by atoms with Crippen LogP contribution in [0.5, 0.6) is 0 Å². The minimum atomic E-state index is 0.545. The maximum atomic E-state index is 6.00. The summed E-state index contributed by atoms with van der Waals surface area (Å²) in [7, 11) is 0. The zero-order valence-electron chi connectivity index (χ0n) is 8.90. The Bertz CT molecular complexity index is 329. The fourth-order valence-corrected chi connectivity index (χ4v) is 1.62. The Balaban J connectivity index is 2.90. The highest BCUT2D eigenvalue weighted by Crippen LogP contribution is 2.28. The molecule has 1 heterocycles.